The van der Waals surface area contributed by atoms with Crippen molar-refractivity contribution in [2.75, 3.05) is 23.8 Å². The van der Waals surface area contributed by atoms with Crippen LogP contribution in [0.2, 0.25) is 0 Å². The average Bonchev–Trinajstić information content (AvgIpc) is 3.27. The molecule has 1 aliphatic rings. The molecule has 7 nitrogen and oxygen atoms in total. The fraction of sp³-hybridized carbons (Fsp3) is 0.353. The topological polar surface area (TPSA) is 76.9 Å². The number of benzene rings is 1. The molecule has 0 radical (unpaired) electrons. The SMILES string of the molecule is Cn1ncc2c(NCC3CCCO3)nc(Nc3ccc(F)c(F)c3)nc21. The molecule has 2 aromatic heterocycles. The number of hydrogen-bond donors (Lipinski definition) is 2. The molecule has 4 rings (SSSR count). The molecule has 1 unspecified atom stereocenters. The van der Waals surface area contributed by atoms with Crippen molar-refractivity contribution in [3.8, 4) is 0 Å². The van der Waals surface area contributed by atoms with E-state index in [2.05, 4.69) is 25.7 Å². The molecular formula is C17H18F2N6O. The predicted octanol–water partition coefficient (Wildman–Crippen LogP) is 2.98. The van der Waals surface area contributed by atoms with Gasteiger partial charge in [-0.05, 0) is 25.0 Å². The Labute approximate surface area is 148 Å². The Kier molecular flexibility index (Phi) is 4.37. The minimum atomic E-state index is -0.937. The number of aromatic nitrogens is 4. The number of halogens is 2. The summed E-state index contributed by atoms with van der Waals surface area (Å²) in [7, 11) is 1.78. The van der Waals surface area contributed by atoms with Gasteiger partial charge in [0.1, 0.15) is 5.82 Å². The van der Waals surface area contributed by atoms with E-state index in [-0.39, 0.29) is 12.1 Å². The Morgan fingerprint density at radius 1 is 1.27 bits per heavy atom. The predicted molar refractivity (Wildman–Crippen MR) is 93.4 cm³/mol. The largest absolute Gasteiger partial charge is 0.376 e. The summed E-state index contributed by atoms with van der Waals surface area (Å²) in [6.45, 7) is 1.41. The van der Waals surface area contributed by atoms with Crippen LogP contribution < -0.4 is 10.6 Å². The second-order valence-corrected chi connectivity index (χ2v) is 6.17. The minimum absolute atomic E-state index is 0.152. The lowest BCUT2D eigenvalue weighted by Gasteiger charge is -2.13. The van der Waals surface area contributed by atoms with Crippen molar-refractivity contribution in [2.24, 2.45) is 7.05 Å². The summed E-state index contributed by atoms with van der Waals surface area (Å²) in [4.78, 5) is 8.88. The normalized spacial score (nSPS) is 17.0. The summed E-state index contributed by atoms with van der Waals surface area (Å²) in [5.41, 5.74) is 0.982. The molecule has 2 N–H and O–H groups in total. The first-order chi connectivity index (χ1) is 12.6. The molecule has 1 fully saturated rings. The van der Waals surface area contributed by atoms with Crippen molar-refractivity contribution in [3.05, 3.63) is 36.0 Å². The van der Waals surface area contributed by atoms with Gasteiger partial charge in [-0.25, -0.2) is 8.78 Å². The molecule has 0 amide bonds. The smallest absolute Gasteiger partial charge is 0.231 e. The van der Waals surface area contributed by atoms with E-state index in [4.69, 9.17) is 4.74 Å². The van der Waals surface area contributed by atoms with Crippen molar-refractivity contribution in [1.29, 1.82) is 0 Å². The number of rotatable bonds is 5. The number of fused-ring (bicyclic) bond motifs is 1. The standard InChI is InChI=1S/C17H18F2N6O/c1-25-16-12(9-21-25)15(20-8-11-3-2-6-26-11)23-17(24-16)22-10-4-5-13(18)14(19)7-10/h4-5,7,9,11H,2-3,6,8H2,1H3,(H2,20,22,23,24). The lowest BCUT2D eigenvalue weighted by Crippen LogP contribution is -2.19. The van der Waals surface area contributed by atoms with Gasteiger partial charge in [0.2, 0.25) is 5.95 Å². The highest BCUT2D eigenvalue weighted by Gasteiger charge is 2.17. The first kappa shape index (κ1) is 16.6. The van der Waals surface area contributed by atoms with Gasteiger partial charge in [0.05, 0.1) is 17.7 Å². The highest BCUT2D eigenvalue weighted by atomic mass is 19.2. The van der Waals surface area contributed by atoms with Crippen LogP contribution >= 0.6 is 0 Å². The van der Waals surface area contributed by atoms with E-state index in [1.807, 2.05) is 0 Å². The van der Waals surface area contributed by atoms with Crippen LogP contribution in [0.15, 0.2) is 24.4 Å². The Hall–Kier alpha value is -2.81. The second kappa shape index (κ2) is 6.83. The van der Waals surface area contributed by atoms with Crippen LogP contribution in [0.5, 0.6) is 0 Å². The molecule has 0 saturated carbocycles. The van der Waals surface area contributed by atoms with E-state index in [0.29, 0.717) is 23.7 Å². The molecule has 1 aliphatic heterocycles. The van der Waals surface area contributed by atoms with Gasteiger partial charge in [0.25, 0.3) is 0 Å². The van der Waals surface area contributed by atoms with E-state index in [1.54, 1.807) is 17.9 Å². The summed E-state index contributed by atoms with van der Waals surface area (Å²) < 4.78 is 33.8. The van der Waals surface area contributed by atoms with Crippen molar-refractivity contribution in [1.82, 2.24) is 19.7 Å². The van der Waals surface area contributed by atoms with Gasteiger partial charge >= 0.3 is 0 Å². The molecule has 1 saturated heterocycles. The van der Waals surface area contributed by atoms with E-state index >= 15 is 0 Å². The molecule has 3 aromatic rings. The zero-order valence-corrected chi connectivity index (χ0v) is 14.2. The number of ether oxygens (including phenoxy) is 1. The summed E-state index contributed by atoms with van der Waals surface area (Å²) in [6, 6.07) is 3.54. The van der Waals surface area contributed by atoms with Gasteiger partial charge in [0, 0.05) is 32.0 Å². The molecule has 1 aromatic carbocycles. The van der Waals surface area contributed by atoms with Crippen LogP contribution in [0.4, 0.5) is 26.2 Å². The molecule has 26 heavy (non-hydrogen) atoms. The first-order valence-corrected chi connectivity index (χ1v) is 8.37. The monoisotopic (exact) mass is 360 g/mol. The number of aryl methyl sites for hydroxylation is 1. The maximum atomic E-state index is 13.4. The number of anilines is 3. The van der Waals surface area contributed by atoms with E-state index in [1.165, 1.54) is 6.07 Å². The number of nitrogens with zero attached hydrogens (tertiary/aromatic N) is 4. The minimum Gasteiger partial charge on any atom is -0.376 e. The summed E-state index contributed by atoms with van der Waals surface area (Å²) in [5, 5.41) is 11.2. The van der Waals surface area contributed by atoms with Crippen LogP contribution in [0.1, 0.15) is 12.8 Å². The van der Waals surface area contributed by atoms with E-state index in [0.717, 1.165) is 37.0 Å². The second-order valence-electron chi connectivity index (χ2n) is 6.17. The van der Waals surface area contributed by atoms with Crippen molar-refractivity contribution in [2.45, 2.75) is 18.9 Å². The lowest BCUT2D eigenvalue weighted by molar-refractivity contribution is 0.120. The lowest BCUT2D eigenvalue weighted by atomic mass is 10.2. The number of hydrogen-bond acceptors (Lipinski definition) is 6. The van der Waals surface area contributed by atoms with Crippen molar-refractivity contribution in [3.63, 3.8) is 0 Å². The van der Waals surface area contributed by atoms with Gasteiger partial charge in [-0.3, -0.25) is 4.68 Å². The highest BCUT2D eigenvalue weighted by Crippen LogP contribution is 2.24. The van der Waals surface area contributed by atoms with Gasteiger partial charge in [-0.2, -0.15) is 15.1 Å². The molecular weight excluding hydrogens is 342 g/mol. The Bertz CT molecular complexity index is 938. The maximum Gasteiger partial charge on any atom is 0.231 e. The van der Waals surface area contributed by atoms with Crippen LogP contribution in [0.25, 0.3) is 11.0 Å². The fourth-order valence-corrected chi connectivity index (χ4v) is 2.93. The first-order valence-electron chi connectivity index (χ1n) is 8.37. The third-order valence-corrected chi connectivity index (χ3v) is 4.29. The molecule has 136 valence electrons. The van der Waals surface area contributed by atoms with Gasteiger partial charge in [-0.15, -0.1) is 0 Å². The summed E-state index contributed by atoms with van der Waals surface area (Å²) >= 11 is 0. The molecule has 1 atom stereocenters. The third kappa shape index (κ3) is 3.30. The van der Waals surface area contributed by atoms with Gasteiger partial charge in [-0.1, -0.05) is 0 Å². The molecule has 0 aliphatic carbocycles. The summed E-state index contributed by atoms with van der Waals surface area (Å²) in [6.07, 6.45) is 3.91. The Morgan fingerprint density at radius 3 is 2.92 bits per heavy atom. The molecule has 9 heteroatoms. The fourth-order valence-electron chi connectivity index (χ4n) is 2.93. The van der Waals surface area contributed by atoms with E-state index < -0.39 is 11.6 Å². The summed E-state index contributed by atoms with van der Waals surface area (Å²) in [5.74, 6) is -0.962. The number of nitrogens with one attached hydrogen (secondary N) is 2. The van der Waals surface area contributed by atoms with E-state index in [9.17, 15) is 8.78 Å². The quantitative estimate of drug-likeness (QED) is 0.728. The zero-order valence-electron chi connectivity index (χ0n) is 14.2. The molecule has 3 heterocycles. The molecule has 0 bridgehead atoms. The Balaban J connectivity index is 1.63. The van der Waals surface area contributed by atoms with Crippen LogP contribution in [-0.2, 0) is 11.8 Å². The van der Waals surface area contributed by atoms with Gasteiger partial charge < -0.3 is 15.4 Å². The third-order valence-electron chi connectivity index (χ3n) is 4.29. The van der Waals surface area contributed by atoms with Crippen LogP contribution in [0, 0.1) is 11.6 Å². The maximum absolute atomic E-state index is 13.4. The molecule has 0 spiro atoms. The van der Waals surface area contributed by atoms with Crippen molar-refractivity contribution >= 4 is 28.5 Å². The van der Waals surface area contributed by atoms with Crippen LogP contribution in [-0.4, -0.2) is 39.0 Å². The van der Waals surface area contributed by atoms with Gasteiger partial charge in [0.15, 0.2) is 17.3 Å². The van der Waals surface area contributed by atoms with Crippen LogP contribution in [0.3, 0.4) is 0 Å². The van der Waals surface area contributed by atoms with Crippen molar-refractivity contribution < 1.29 is 13.5 Å². The highest BCUT2D eigenvalue weighted by molar-refractivity contribution is 5.87. The average molecular weight is 360 g/mol. The zero-order chi connectivity index (χ0) is 18.1. The Morgan fingerprint density at radius 2 is 2.15 bits per heavy atom.